The van der Waals surface area contributed by atoms with Gasteiger partial charge in [0.1, 0.15) is 0 Å². The molecular weight excluding hydrogens is 256 g/mol. The van der Waals surface area contributed by atoms with Crippen molar-refractivity contribution in [3.8, 4) is 0 Å². The monoisotopic (exact) mass is 276 g/mol. The van der Waals surface area contributed by atoms with Crippen LogP contribution in [-0.2, 0) is 9.59 Å². The quantitative estimate of drug-likeness (QED) is 0.780. The third-order valence-electron chi connectivity index (χ3n) is 3.35. The number of rotatable bonds is 6. The predicted molar refractivity (Wildman–Crippen MR) is 77.6 cm³/mol. The molecule has 0 aliphatic carbocycles. The third-order valence-corrected chi connectivity index (χ3v) is 3.35. The lowest BCUT2D eigenvalue weighted by Crippen LogP contribution is -2.25. The number of hydrogen-bond acceptors (Lipinski definition) is 3. The van der Waals surface area contributed by atoms with Gasteiger partial charge in [0.25, 0.3) is 0 Å². The van der Waals surface area contributed by atoms with Crippen LogP contribution in [0.2, 0.25) is 0 Å². The number of carbonyl (C=O) groups excluding carboxylic acids is 2. The molecule has 0 atom stereocenters. The zero-order valence-corrected chi connectivity index (χ0v) is 11.5. The summed E-state index contributed by atoms with van der Waals surface area (Å²) < 4.78 is 0. The fourth-order valence-electron chi connectivity index (χ4n) is 2.33. The lowest BCUT2D eigenvalue weighted by Gasteiger charge is -2.19. The first-order valence-corrected chi connectivity index (χ1v) is 7.02. The van der Waals surface area contributed by atoms with Crippen LogP contribution < -0.4 is 10.2 Å². The van der Waals surface area contributed by atoms with E-state index >= 15 is 0 Å². The minimum atomic E-state index is -0.0856. The van der Waals surface area contributed by atoms with E-state index < -0.39 is 0 Å². The van der Waals surface area contributed by atoms with Crippen molar-refractivity contribution in [2.45, 2.75) is 32.1 Å². The second kappa shape index (κ2) is 7.05. The molecule has 2 N–H and O–H groups in total. The van der Waals surface area contributed by atoms with Crippen molar-refractivity contribution in [3.05, 3.63) is 24.3 Å². The Morgan fingerprint density at radius 2 is 2.10 bits per heavy atom. The van der Waals surface area contributed by atoms with Crippen molar-refractivity contribution in [1.82, 2.24) is 0 Å². The highest BCUT2D eigenvalue weighted by Gasteiger charge is 2.23. The molecular formula is C15H20N2O3. The summed E-state index contributed by atoms with van der Waals surface area (Å²) in [5.41, 5.74) is 1.45. The molecule has 20 heavy (non-hydrogen) atoms. The lowest BCUT2D eigenvalue weighted by atomic mass is 10.2. The van der Waals surface area contributed by atoms with E-state index in [4.69, 9.17) is 5.11 Å². The number of para-hydroxylation sites is 2. The number of hydrogen-bond donors (Lipinski definition) is 2. The van der Waals surface area contributed by atoms with Crippen LogP contribution in [0.15, 0.2) is 24.3 Å². The van der Waals surface area contributed by atoms with Crippen molar-refractivity contribution in [1.29, 1.82) is 0 Å². The SMILES string of the molecule is O=C(CCCCO)Nc1ccccc1N1CCCC1=O. The van der Waals surface area contributed by atoms with Crippen molar-refractivity contribution >= 4 is 23.2 Å². The summed E-state index contributed by atoms with van der Waals surface area (Å²) in [6, 6.07) is 7.37. The molecule has 0 aromatic heterocycles. The highest BCUT2D eigenvalue weighted by atomic mass is 16.3. The zero-order chi connectivity index (χ0) is 14.4. The summed E-state index contributed by atoms with van der Waals surface area (Å²) in [5, 5.41) is 11.6. The molecule has 5 heteroatoms. The van der Waals surface area contributed by atoms with Crippen molar-refractivity contribution in [3.63, 3.8) is 0 Å². The van der Waals surface area contributed by atoms with Gasteiger partial charge in [0.05, 0.1) is 11.4 Å². The van der Waals surface area contributed by atoms with Gasteiger partial charge in [-0.05, 0) is 31.4 Å². The minimum Gasteiger partial charge on any atom is -0.396 e. The molecule has 0 bridgehead atoms. The summed E-state index contributed by atoms with van der Waals surface area (Å²) in [5.74, 6) is 0.0181. The fraction of sp³-hybridized carbons (Fsp3) is 0.467. The van der Waals surface area contributed by atoms with E-state index in [1.54, 1.807) is 4.90 Å². The largest absolute Gasteiger partial charge is 0.396 e. The van der Waals surface area contributed by atoms with Crippen molar-refractivity contribution < 1.29 is 14.7 Å². The van der Waals surface area contributed by atoms with Crippen LogP contribution in [0.4, 0.5) is 11.4 Å². The first-order valence-electron chi connectivity index (χ1n) is 7.02. The van der Waals surface area contributed by atoms with Crippen LogP contribution in [0.1, 0.15) is 32.1 Å². The highest BCUT2D eigenvalue weighted by Crippen LogP contribution is 2.29. The van der Waals surface area contributed by atoms with Gasteiger partial charge in [0.2, 0.25) is 11.8 Å². The first kappa shape index (κ1) is 14.5. The first-order chi connectivity index (χ1) is 9.72. The van der Waals surface area contributed by atoms with Gasteiger partial charge < -0.3 is 15.3 Å². The van der Waals surface area contributed by atoms with Crippen LogP contribution in [-0.4, -0.2) is 30.1 Å². The molecule has 0 unspecified atom stereocenters. The topological polar surface area (TPSA) is 69.6 Å². The normalized spacial score (nSPS) is 14.7. The molecule has 0 saturated carbocycles. The summed E-state index contributed by atoms with van der Waals surface area (Å²) in [6.45, 7) is 0.808. The van der Waals surface area contributed by atoms with Gasteiger partial charge in [-0.3, -0.25) is 9.59 Å². The van der Waals surface area contributed by atoms with Crippen molar-refractivity contribution in [2.24, 2.45) is 0 Å². The van der Waals surface area contributed by atoms with E-state index in [9.17, 15) is 9.59 Å². The van der Waals surface area contributed by atoms with E-state index in [0.29, 0.717) is 37.9 Å². The summed E-state index contributed by atoms with van der Waals surface area (Å²) in [7, 11) is 0. The fourth-order valence-corrected chi connectivity index (χ4v) is 2.33. The van der Waals surface area contributed by atoms with Gasteiger partial charge >= 0.3 is 0 Å². The Kier molecular flexibility index (Phi) is 5.12. The maximum Gasteiger partial charge on any atom is 0.227 e. The number of carbonyl (C=O) groups is 2. The maximum atomic E-state index is 11.8. The van der Waals surface area contributed by atoms with Gasteiger partial charge in [0, 0.05) is 26.0 Å². The van der Waals surface area contributed by atoms with Crippen LogP contribution in [0.25, 0.3) is 0 Å². The number of aliphatic hydroxyl groups is 1. The Labute approximate surface area is 118 Å². The third kappa shape index (κ3) is 3.57. The van der Waals surface area contributed by atoms with Crippen molar-refractivity contribution in [2.75, 3.05) is 23.4 Å². The van der Waals surface area contributed by atoms with E-state index in [0.717, 1.165) is 12.1 Å². The van der Waals surface area contributed by atoms with E-state index in [1.807, 2.05) is 24.3 Å². The van der Waals surface area contributed by atoms with Gasteiger partial charge in [-0.2, -0.15) is 0 Å². The summed E-state index contributed by atoms with van der Waals surface area (Å²) in [4.78, 5) is 25.4. The Balaban J connectivity index is 2.04. The average Bonchev–Trinajstić information content (AvgIpc) is 2.86. The molecule has 1 heterocycles. The number of anilines is 2. The second-order valence-electron chi connectivity index (χ2n) is 4.89. The molecule has 0 spiro atoms. The molecule has 1 fully saturated rings. The zero-order valence-electron chi connectivity index (χ0n) is 11.5. The van der Waals surface area contributed by atoms with Gasteiger partial charge in [-0.25, -0.2) is 0 Å². The van der Waals surface area contributed by atoms with Gasteiger partial charge in [-0.15, -0.1) is 0 Å². The number of nitrogens with one attached hydrogen (secondary N) is 1. The summed E-state index contributed by atoms with van der Waals surface area (Å²) >= 11 is 0. The van der Waals surface area contributed by atoms with Crippen LogP contribution in [0.5, 0.6) is 0 Å². The van der Waals surface area contributed by atoms with Gasteiger partial charge in [0.15, 0.2) is 0 Å². The molecule has 108 valence electrons. The molecule has 1 aliphatic heterocycles. The average molecular weight is 276 g/mol. The molecule has 2 rings (SSSR count). The summed E-state index contributed by atoms with van der Waals surface area (Å²) in [6.07, 6.45) is 3.09. The lowest BCUT2D eigenvalue weighted by molar-refractivity contribution is -0.117. The molecule has 0 radical (unpaired) electrons. The molecule has 5 nitrogen and oxygen atoms in total. The predicted octanol–water partition coefficient (Wildman–Crippen LogP) is 1.91. The minimum absolute atomic E-state index is 0.0856. The Morgan fingerprint density at radius 1 is 1.30 bits per heavy atom. The molecule has 1 saturated heterocycles. The van der Waals surface area contributed by atoms with Crippen LogP contribution in [0, 0.1) is 0 Å². The Morgan fingerprint density at radius 3 is 2.80 bits per heavy atom. The standard InChI is InChI=1S/C15H20N2O3/c18-11-4-3-8-14(19)16-12-6-1-2-7-13(12)17-10-5-9-15(17)20/h1-2,6-7,18H,3-5,8-11H2,(H,16,19). The van der Waals surface area contributed by atoms with Gasteiger partial charge in [-0.1, -0.05) is 12.1 Å². The Hall–Kier alpha value is -1.88. The molecule has 1 aromatic rings. The second-order valence-corrected chi connectivity index (χ2v) is 4.89. The van der Waals surface area contributed by atoms with E-state index in [2.05, 4.69) is 5.32 Å². The van der Waals surface area contributed by atoms with E-state index in [1.165, 1.54) is 0 Å². The van der Waals surface area contributed by atoms with Crippen LogP contribution in [0.3, 0.4) is 0 Å². The molecule has 1 aliphatic rings. The molecule has 2 amide bonds. The number of benzene rings is 1. The van der Waals surface area contributed by atoms with Crippen LogP contribution >= 0.6 is 0 Å². The number of unbranched alkanes of at least 4 members (excludes halogenated alkanes) is 1. The molecule has 1 aromatic carbocycles. The smallest absolute Gasteiger partial charge is 0.227 e. The number of nitrogens with zero attached hydrogens (tertiary/aromatic N) is 1. The number of amides is 2. The maximum absolute atomic E-state index is 11.8. The highest BCUT2D eigenvalue weighted by molar-refractivity contribution is 6.02. The van der Waals surface area contributed by atoms with E-state index in [-0.39, 0.29) is 18.4 Å². The Bertz CT molecular complexity index is 488. The number of aliphatic hydroxyl groups excluding tert-OH is 1.